The lowest BCUT2D eigenvalue weighted by molar-refractivity contribution is 0.463. The first kappa shape index (κ1) is 15.4. The van der Waals surface area contributed by atoms with E-state index < -0.39 is 0 Å². The molecule has 0 bridgehead atoms. The van der Waals surface area contributed by atoms with E-state index in [2.05, 4.69) is 57.3 Å². The molecule has 0 aromatic heterocycles. The van der Waals surface area contributed by atoms with Crippen LogP contribution in [-0.2, 0) is 5.41 Å². The van der Waals surface area contributed by atoms with Crippen molar-refractivity contribution in [3.8, 4) is 5.75 Å². The van der Waals surface area contributed by atoms with E-state index in [1.807, 2.05) is 18.2 Å². The van der Waals surface area contributed by atoms with Crippen LogP contribution in [0.5, 0.6) is 5.75 Å². The molecule has 2 nitrogen and oxygen atoms in total. The second-order valence-electron chi connectivity index (χ2n) is 6.49. The molecule has 2 aromatic rings. The van der Waals surface area contributed by atoms with E-state index in [1.54, 1.807) is 6.07 Å². The van der Waals surface area contributed by atoms with Gasteiger partial charge in [-0.25, -0.2) is 0 Å². The molecule has 0 aliphatic heterocycles. The maximum atomic E-state index is 10.0. The second-order valence-corrected chi connectivity index (χ2v) is 6.49. The smallest absolute Gasteiger partial charge is 0.120 e. The van der Waals surface area contributed by atoms with Gasteiger partial charge in [-0.3, -0.25) is 0 Å². The summed E-state index contributed by atoms with van der Waals surface area (Å²) in [6.45, 7) is 8.76. The van der Waals surface area contributed by atoms with Gasteiger partial charge in [0, 0.05) is 11.3 Å². The van der Waals surface area contributed by atoms with Gasteiger partial charge in [0.2, 0.25) is 0 Å². The number of hydrogen-bond acceptors (Lipinski definition) is 2. The zero-order valence-corrected chi connectivity index (χ0v) is 13.4. The van der Waals surface area contributed by atoms with Crippen LogP contribution in [0.2, 0.25) is 0 Å². The molecule has 1 unspecified atom stereocenters. The second kappa shape index (κ2) is 6.21. The largest absolute Gasteiger partial charge is 0.508 e. The van der Waals surface area contributed by atoms with Gasteiger partial charge in [0.1, 0.15) is 5.75 Å². The number of aromatic hydroxyl groups is 1. The number of hydrogen-bond donors (Lipinski definition) is 2. The van der Waals surface area contributed by atoms with Crippen molar-refractivity contribution in [3.63, 3.8) is 0 Å². The Morgan fingerprint density at radius 1 is 1.00 bits per heavy atom. The number of phenols is 1. The molecule has 0 radical (unpaired) electrons. The highest BCUT2D eigenvalue weighted by Crippen LogP contribution is 2.30. The van der Waals surface area contributed by atoms with Crippen LogP contribution < -0.4 is 5.32 Å². The van der Waals surface area contributed by atoms with Crippen LogP contribution in [0.25, 0.3) is 0 Å². The molecular weight excluding hydrogens is 258 g/mol. The predicted molar refractivity (Wildman–Crippen MR) is 89.9 cm³/mol. The lowest BCUT2D eigenvalue weighted by atomic mass is 9.87. The van der Waals surface area contributed by atoms with E-state index in [4.69, 9.17) is 0 Å². The van der Waals surface area contributed by atoms with Gasteiger partial charge in [-0.05, 0) is 35.6 Å². The van der Waals surface area contributed by atoms with Crippen LogP contribution in [0.3, 0.4) is 0 Å². The molecule has 112 valence electrons. The summed E-state index contributed by atoms with van der Waals surface area (Å²) in [4.78, 5) is 0. The van der Waals surface area contributed by atoms with Crippen LogP contribution in [0, 0.1) is 0 Å². The highest BCUT2D eigenvalue weighted by atomic mass is 16.3. The van der Waals surface area contributed by atoms with E-state index in [1.165, 1.54) is 5.56 Å². The van der Waals surface area contributed by atoms with Crippen molar-refractivity contribution in [1.29, 1.82) is 0 Å². The van der Waals surface area contributed by atoms with Crippen molar-refractivity contribution in [2.24, 2.45) is 0 Å². The van der Waals surface area contributed by atoms with E-state index >= 15 is 0 Å². The minimum absolute atomic E-state index is 0.117. The van der Waals surface area contributed by atoms with Crippen molar-refractivity contribution < 1.29 is 5.11 Å². The van der Waals surface area contributed by atoms with Gasteiger partial charge < -0.3 is 10.4 Å². The number of benzene rings is 2. The average Bonchev–Trinajstić information content (AvgIpc) is 2.45. The molecule has 0 saturated carbocycles. The van der Waals surface area contributed by atoms with Crippen molar-refractivity contribution in [3.05, 3.63) is 59.7 Å². The van der Waals surface area contributed by atoms with Gasteiger partial charge in [0.25, 0.3) is 0 Å². The maximum Gasteiger partial charge on any atom is 0.120 e. The van der Waals surface area contributed by atoms with E-state index in [9.17, 15) is 5.11 Å². The van der Waals surface area contributed by atoms with Gasteiger partial charge in [0.15, 0.2) is 0 Å². The van der Waals surface area contributed by atoms with Gasteiger partial charge in [0.05, 0.1) is 6.04 Å². The van der Waals surface area contributed by atoms with Crippen LogP contribution in [0.4, 0.5) is 5.69 Å². The zero-order chi connectivity index (χ0) is 15.5. The summed E-state index contributed by atoms with van der Waals surface area (Å²) in [5.41, 5.74) is 3.52. The van der Waals surface area contributed by atoms with Crippen molar-refractivity contribution >= 4 is 5.69 Å². The van der Waals surface area contributed by atoms with Crippen molar-refractivity contribution in [2.75, 3.05) is 5.32 Å². The minimum Gasteiger partial charge on any atom is -0.508 e. The maximum absolute atomic E-state index is 10.0. The Labute approximate surface area is 127 Å². The Balaban J connectivity index is 2.18. The average molecular weight is 283 g/mol. The molecular formula is C19H25NO. The Morgan fingerprint density at radius 2 is 1.62 bits per heavy atom. The molecule has 21 heavy (non-hydrogen) atoms. The first-order valence-electron chi connectivity index (χ1n) is 7.57. The third-order valence-corrected chi connectivity index (χ3v) is 3.81. The van der Waals surface area contributed by atoms with Gasteiger partial charge in [-0.2, -0.15) is 0 Å². The predicted octanol–water partition coefficient (Wildman–Crippen LogP) is 5.25. The van der Waals surface area contributed by atoms with E-state index in [0.717, 1.165) is 17.7 Å². The summed E-state index contributed by atoms with van der Waals surface area (Å²) in [6, 6.07) is 16.2. The molecule has 0 saturated heterocycles. The van der Waals surface area contributed by atoms with Crippen LogP contribution in [-0.4, -0.2) is 5.11 Å². The minimum atomic E-state index is 0.117. The topological polar surface area (TPSA) is 32.3 Å². The number of phenolic OH excluding ortho intramolecular Hbond substituents is 1. The molecule has 1 atom stereocenters. The fraction of sp³-hybridized carbons (Fsp3) is 0.368. The third-order valence-electron chi connectivity index (χ3n) is 3.81. The normalized spacial score (nSPS) is 13.0. The molecule has 0 spiro atoms. The molecule has 0 fully saturated rings. The van der Waals surface area contributed by atoms with Gasteiger partial charge >= 0.3 is 0 Å². The molecule has 0 heterocycles. The Morgan fingerprint density at radius 3 is 2.14 bits per heavy atom. The third kappa shape index (κ3) is 3.78. The monoisotopic (exact) mass is 283 g/mol. The van der Waals surface area contributed by atoms with Crippen LogP contribution in [0.15, 0.2) is 48.5 Å². The summed E-state index contributed by atoms with van der Waals surface area (Å²) < 4.78 is 0. The molecule has 0 aliphatic rings. The molecule has 2 aromatic carbocycles. The highest BCUT2D eigenvalue weighted by molar-refractivity contribution is 5.49. The highest BCUT2D eigenvalue weighted by Gasteiger charge is 2.15. The molecule has 0 amide bonds. The number of nitrogens with one attached hydrogen (secondary N) is 1. The van der Waals surface area contributed by atoms with E-state index in [-0.39, 0.29) is 11.5 Å². The quantitative estimate of drug-likeness (QED) is 0.803. The molecule has 2 N–H and O–H groups in total. The Kier molecular flexibility index (Phi) is 4.56. The number of anilines is 1. The fourth-order valence-electron chi connectivity index (χ4n) is 2.45. The zero-order valence-electron chi connectivity index (χ0n) is 13.4. The van der Waals surface area contributed by atoms with Crippen LogP contribution >= 0.6 is 0 Å². The molecule has 2 rings (SSSR count). The first-order valence-corrected chi connectivity index (χ1v) is 7.57. The van der Waals surface area contributed by atoms with Crippen molar-refractivity contribution in [1.82, 2.24) is 0 Å². The van der Waals surface area contributed by atoms with Gasteiger partial charge in [-0.1, -0.05) is 58.0 Å². The summed E-state index contributed by atoms with van der Waals surface area (Å²) in [6.07, 6.45) is 0.915. The van der Waals surface area contributed by atoms with Gasteiger partial charge in [-0.15, -0.1) is 0 Å². The number of para-hydroxylation sites is 1. The van der Waals surface area contributed by atoms with Crippen molar-refractivity contribution in [2.45, 2.75) is 45.6 Å². The van der Waals surface area contributed by atoms with E-state index in [0.29, 0.717) is 5.75 Å². The Hall–Kier alpha value is -1.96. The lowest BCUT2D eigenvalue weighted by Gasteiger charge is -2.22. The SMILES string of the molecule is CCC(Nc1ccc(C(C)(C)C)cc1)c1ccccc1O. The van der Waals surface area contributed by atoms with Crippen LogP contribution in [0.1, 0.15) is 51.3 Å². The molecule has 0 aliphatic carbocycles. The fourth-order valence-corrected chi connectivity index (χ4v) is 2.45. The summed E-state index contributed by atoms with van der Waals surface area (Å²) in [5.74, 6) is 0.350. The lowest BCUT2D eigenvalue weighted by Crippen LogP contribution is -2.12. The molecule has 2 heteroatoms. The first-order chi connectivity index (χ1) is 9.91. The standard InChI is InChI=1S/C19H25NO/c1-5-17(16-8-6-7-9-18(16)21)20-15-12-10-14(11-13-15)19(2,3)4/h6-13,17,20-21H,5H2,1-4H3. The summed E-state index contributed by atoms with van der Waals surface area (Å²) in [7, 11) is 0. The number of rotatable bonds is 4. The Bertz CT molecular complexity index is 581. The summed E-state index contributed by atoms with van der Waals surface area (Å²) >= 11 is 0. The summed E-state index contributed by atoms with van der Waals surface area (Å²) in [5, 5.41) is 13.5.